The topological polar surface area (TPSA) is 102 Å². The Balaban J connectivity index is 1.15. The minimum absolute atomic E-state index is 0.0910. The number of rotatable bonds is 7. The number of thiocarbonyl (C=S) groups is 1. The average Bonchev–Trinajstić information content (AvgIpc) is 3.41. The van der Waals surface area contributed by atoms with E-state index in [4.69, 9.17) is 32.3 Å². The predicted molar refractivity (Wildman–Crippen MR) is 186 cm³/mol. The first kappa shape index (κ1) is 29.3. The largest absolute Gasteiger partial charge is 0.378 e. The molecule has 2 aromatic carbocycles. The molecule has 45 heavy (non-hydrogen) atoms. The van der Waals surface area contributed by atoms with Crippen molar-refractivity contribution in [3.8, 4) is 5.69 Å². The molecule has 0 saturated carbocycles. The molecule has 1 atom stereocenters. The van der Waals surface area contributed by atoms with Crippen molar-refractivity contribution in [1.29, 1.82) is 0 Å². The molecule has 2 fully saturated rings. The third-order valence-electron chi connectivity index (χ3n) is 8.90. The van der Waals surface area contributed by atoms with Gasteiger partial charge in [0.1, 0.15) is 5.82 Å². The van der Waals surface area contributed by atoms with Crippen LogP contribution < -0.4 is 30.7 Å². The molecule has 5 heterocycles. The number of fused-ring (bicyclic) bond motifs is 1. The van der Waals surface area contributed by atoms with E-state index in [0.29, 0.717) is 11.1 Å². The van der Waals surface area contributed by atoms with Crippen molar-refractivity contribution in [3.63, 3.8) is 0 Å². The van der Waals surface area contributed by atoms with E-state index in [1.807, 2.05) is 37.8 Å². The summed E-state index contributed by atoms with van der Waals surface area (Å²) in [6, 6.07) is 16.7. The Kier molecular flexibility index (Phi) is 8.14. The third kappa shape index (κ3) is 6.11. The Morgan fingerprint density at radius 3 is 1.98 bits per heavy atom. The van der Waals surface area contributed by atoms with E-state index in [2.05, 4.69) is 67.0 Å². The number of piperidine rings is 2. The molecule has 1 unspecified atom stereocenters. The second-order valence-electron chi connectivity index (χ2n) is 12.3. The Morgan fingerprint density at radius 1 is 0.800 bits per heavy atom. The van der Waals surface area contributed by atoms with Gasteiger partial charge in [-0.25, -0.2) is 4.68 Å². The third-order valence-corrected chi connectivity index (χ3v) is 9.12. The molecule has 11 nitrogen and oxygen atoms in total. The first-order valence-electron chi connectivity index (χ1n) is 16.0. The van der Waals surface area contributed by atoms with E-state index >= 15 is 0 Å². The standard InChI is InChI=1S/C33H41N11S/c1-22-27-28(23-10-14-25(15-11-23)41(2)3)35-33(45)36-29(27)44(40-22)26-16-12-24(13-17-26)34-30-37-31(42-18-6-4-7-19-42)39-32(38-30)43-20-8-5-9-21-43/h10-17,28H,4-9,18-21H2,1-3H3,(H2,35,36,45)(H,34,37,38,39). The zero-order valence-electron chi connectivity index (χ0n) is 26.3. The quantitative estimate of drug-likeness (QED) is 0.226. The number of hydrogen-bond donors (Lipinski definition) is 3. The van der Waals surface area contributed by atoms with Crippen LogP contribution in [0, 0.1) is 6.92 Å². The molecule has 2 aromatic heterocycles. The van der Waals surface area contributed by atoms with Crippen LogP contribution in [0.4, 0.5) is 35.0 Å². The molecule has 3 aliphatic heterocycles. The number of nitrogens with zero attached hydrogens (tertiary/aromatic N) is 8. The molecule has 3 N–H and O–H groups in total. The van der Waals surface area contributed by atoms with Gasteiger partial charge in [0, 0.05) is 57.2 Å². The molecule has 0 amide bonds. The van der Waals surface area contributed by atoms with Crippen LogP contribution in [0.3, 0.4) is 0 Å². The summed E-state index contributed by atoms with van der Waals surface area (Å²) in [6.45, 7) is 5.99. The Labute approximate surface area is 270 Å². The lowest BCUT2D eigenvalue weighted by Crippen LogP contribution is -2.38. The van der Waals surface area contributed by atoms with Gasteiger partial charge in [-0.2, -0.15) is 20.1 Å². The van der Waals surface area contributed by atoms with Gasteiger partial charge in [-0.05, 0) is 99.6 Å². The second-order valence-corrected chi connectivity index (χ2v) is 12.7. The highest BCUT2D eigenvalue weighted by Crippen LogP contribution is 2.36. The van der Waals surface area contributed by atoms with Crippen LogP contribution in [0.5, 0.6) is 0 Å². The van der Waals surface area contributed by atoms with Crippen molar-refractivity contribution >= 4 is 52.4 Å². The monoisotopic (exact) mass is 623 g/mol. The molecule has 0 bridgehead atoms. The molecule has 0 radical (unpaired) electrons. The number of benzene rings is 2. The average molecular weight is 624 g/mol. The van der Waals surface area contributed by atoms with Gasteiger partial charge < -0.3 is 30.7 Å². The second kappa shape index (κ2) is 12.5. The van der Waals surface area contributed by atoms with Gasteiger partial charge in [0.25, 0.3) is 0 Å². The maximum absolute atomic E-state index is 5.65. The summed E-state index contributed by atoms with van der Waals surface area (Å²) in [4.78, 5) is 21.3. The van der Waals surface area contributed by atoms with Crippen LogP contribution in [-0.2, 0) is 0 Å². The molecule has 0 spiro atoms. The lowest BCUT2D eigenvalue weighted by Gasteiger charge is -2.30. The first-order valence-corrected chi connectivity index (χ1v) is 16.4. The van der Waals surface area contributed by atoms with Crippen LogP contribution in [0.2, 0.25) is 0 Å². The van der Waals surface area contributed by atoms with Gasteiger partial charge in [0.15, 0.2) is 5.11 Å². The Morgan fingerprint density at radius 2 is 1.40 bits per heavy atom. The van der Waals surface area contributed by atoms with E-state index in [9.17, 15) is 0 Å². The van der Waals surface area contributed by atoms with Gasteiger partial charge in [0.2, 0.25) is 17.8 Å². The minimum atomic E-state index is -0.0910. The SMILES string of the molecule is Cc1nn(-c2ccc(Nc3nc(N4CCCCC4)nc(N4CCCCC4)n3)cc2)c2c1C(c1ccc(N(C)C)cc1)NC(=S)N2. The number of anilines is 6. The molecular weight excluding hydrogens is 583 g/mol. The van der Waals surface area contributed by atoms with Crippen molar-refractivity contribution in [2.75, 3.05) is 65.6 Å². The fourth-order valence-electron chi connectivity index (χ4n) is 6.45. The molecule has 0 aliphatic carbocycles. The smallest absolute Gasteiger partial charge is 0.233 e. The Hall–Kier alpha value is -4.45. The predicted octanol–water partition coefficient (Wildman–Crippen LogP) is 5.55. The molecule has 12 heteroatoms. The summed E-state index contributed by atoms with van der Waals surface area (Å²) in [5.74, 6) is 3.00. The highest BCUT2D eigenvalue weighted by Gasteiger charge is 2.31. The summed E-state index contributed by atoms with van der Waals surface area (Å²) in [5.41, 5.74) is 6.15. The van der Waals surface area contributed by atoms with E-state index in [-0.39, 0.29) is 6.04 Å². The fourth-order valence-corrected chi connectivity index (χ4v) is 6.66. The summed E-state index contributed by atoms with van der Waals surface area (Å²) in [6.07, 6.45) is 7.21. The summed E-state index contributed by atoms with van der Waals surface area (Å²) >= 11 is 5.65. The van der Waals surface area contributed by atoms with E-state index in [0.717, 1.165) is 77.8 Å². The van der Waals surface area contributed by atoms with Gasteiger partial charge in [-0.1, -0.05) is 12.1 Å². The summed E-state index contributed by atoms with van der Waals surface area (Å²) in [7, 11) is 4.09. The van der Waals surface area contributed by atoms with Crippen LogP contribution >= 0.6 is 12.2 Å². The molecule has 2 saturated heterocycles. The number of nitrogens with one attached hydrogen (secondary N) is 3. The highest BCUT2D eigenvalue weighted by atomic mass is 32.1. The van der Waals surface area contributed by atoms with Gasteiger partial charge >= 0.3 is 0 Å². The number of aromatic nitrogens is 5. The molecule has 3 aliphatic rings. The van der Waals surface area contributed by atoms with Gasteiger partial charge in [0.05, 0.1) is 17.4 Å². The molecular formula is C33H41N11S. The van der Waals surface area contributed by atoms with Crippen molar-refractivity contribution in [1.82, 2.24) is 30.0 Å². The fraction of sp³-hybridized carbons (Fsp3) is 0.424. The zero-order chi connectivity index (χ0) is 30.9. The van der Waals surface area contributed by atoms with Crippen molar-refractivity contribution in [2.24, 2.45) is 0 Å². The lowest BCUT2D eigenvalue weighted by atomic mass is 9.97. The van der Waals surface area contributed by atoms with Crippen molar-refractivity contribution in [3.05, 3.63) is 65.4 Å². The summed E-state index contributed by atoms with van der Waals surface area (Å²) in [5, 5.41) is 15.8. The maximum Gasteiger partial charge on any atom is 0.233 e. The highest BCUT2D eigenvalue weighted by molar-refractivity contribution is 7.80. The number of hydrogen-bond acceptors (Lipinski definition) is 9. The minimum Gasteiger partial charge on any atom is -0.378 e. The van der Waals surface area contributed by atoms with Gasteiger partial charge in [-0.15, -0.1) is 0 Å². The van der Waals surface area contributed by atoms with Crippen LogP contribution in [0.1, 0.15) is 61.4 Å². The normalized spacial score (nSPS) is 18.2. The Bertz CT molecular complexity index is 1620. The first-order chi connectivity index (χ1) is 21.9. The molecule has 7 rings (SSSR count). The van der Waals surface area contributed by atoms with E-state index in [1.54, 1.807) is 0 Å². The maximum atomic E-state index is 5.65. The summed E-state index contributed by atoms with van der Waals surface area (Å²) < 4.78 is 1.94. The van der Waals surface area contributed by atoms with E-state index < -0.39 is 0 Å². The van der Waals surface area contributed by atoms with Crippen LogP contribution in [0.15, 0.2) is 48.5 Å². The lowest BCUT2D eigenvalue weighted by molar-refractivity contribution is 0.556. The van der Waals surface area contributed by atoms with Gasteiger partial charge in [-0.3, -0.25) is 0 Å². The van der Waals surface area contributed by atoms with Crippen LogP contribution in [0.25, 0.3) is 5.69 Å². The molecule has 234 valence electrons. The number of aryl methyl sites for hydroxylation is 1. The van der Waals surface area contributed by atoms with Crippen molar-refractivity contribution < 1.29 is 0 Å². The van der Waals surface area contributed by atoms with Crippen molar-refractivity contribution in [2.45, 2.75) is 51.5 Å². The zero-order valence-corrected chi connectivity index (χ0v) is 27.1. The van der Waals surface area contributed by atoms with E-state index in [1.165, 1.54) is 38.5 Å². The van der Waals surface area contributed by atoms with Crippen LogP contribution in [-0.4, -0.2) is 70.1 Å². The molecule has 4 aromatic rings.